The number of pyridine rings is 1. The summed E-state index contributed by atoms with van der Waals surface area (Å²) in [7, 11) is 3.89. The van der Waals surface area contributed by atoms with Gasteiger partial charge in [0.15, 0.2) is 5.65 Å². The summed E-state index contributed by atoms with van der Waals surface area (Å²) in [5, 5.41) is 5.59. The number of amides is 1. The Labute approximate surface area is 194 Å². The molecule has 0 unspecified atom stereocenters. The number of carbonyl (C=O) groups is 1. The molecule has 1 saturated heterocycles. The number of H-pyrrole nitrogens is 1. The van der Waals surface area contributed by atoms with Crippen molar-refractivity contribution in [3.8, 4) is 11.3 Å². The van der Waals surface area contributed by atoms with Gasteiger partial charge in [0.2, 0.25) is 5.91 Å². The minimum Gasteiger partial charge on any atom is -0.354 e. The van der Waals surface area contributed by atoms with Crippen LogP contribution in [0.15, 0.2) is 42.9 Å². The number of likely N-dealkylation sites (N-methyl/N-ethyl adjacent to an activating group) is 1. The molecule has 0 spiro atoms. The van der Waals surface area contributed by atoms with Crippen LogP contribution in [0.1, 0.15) is 49.7 Å². The van der Waals surface area contributed by atoms with Crippen molar-refractivity contribution in [3.63, 3.8) is 0 Å². The third-order valence-electron chi connectivity index (χ3n) is 6.78. The molecule has 172 valence electrons. The molecular formula is C26H32N6O. The first-order valence-corrected chi connectivity index (χ1v) is 11.8. The number of nitrogens with zero attached hydrogens (tertiary/aromatic N) is 5. The number of nitrogens with one attached hydrogen (secondary N) is 1. The van der Waals surface area contributed by atoms with E-state index >= 15 is 0 Å². The molecule has 0 radical (unpaired) electrons. The number of aromatic amines is 1. The molecule has 1 fully saturated rings. The molecular weight excluding hydrogens is 412 g/mol. The molecule has 0 aliphatic carbocycles. The molecule has 7 nitrogen and oxygen atoms in total. The molecule has 4 aromatic rings. The third-order valence-corrected chi connectivity index (χ3v) is 6.78. The second-order valence-electron chi connectivity index (χ2n) is 9.72. The fraction of sp³-hybridized carbons (Fsp3) is 0.423. The number of piperidine rings is 1. The van der Waals surface area contributed by atoms with Crippen LogP contribution in [0.4, 0.5) is 0 Å². The third kappa shape index (κ3) is 4.02. The van der Waals surface area contributed by atoms with Gasteiger partial charge in [-0.3, -0.25) is 4.79 Å². The van der Waals surface area contributed by atoms with E-state index < -0.39 is 0 Å². The van der Waals surface area contributed by atoms with Gasteiger partial charge < -0.3 is 14.8 Å². The highest BCUT2D eigenvalue weighted by molar-refractivity contribution is 5.94. The summed E-state index contributed by atoms with van der Waals surface area (Å²) >= 11 is 0. The van der Waals surface area contributed by atoms with Crippen LogP contribution in [0.3, 0.4) is 0 Å². The number of rotatable bonds is 5. The molecule has 1 N–H and O–H groups in total. The van der Waals surface area contributed by atoms with Gasteiger partial charge in [0.05, 0.1) is 12.2 Å². The predicted molar refractivity (Wildman–Crippen MR) is 131 cm³/mol. The van der Waals surface area contributed by atoms with Crippen LogP contribution in [-0.2, 0) is 4.79 Å². The number of hydrogen-bond donors (Lipinski definition) is 1. The normalized spacial score (nSPS) is 15.4. The maximum absolute atomic E-state index is 12.4. The Morgan fingerprint density at radius 2 is 2.00 bits per heavy atom. The quantitative estimate of drug-likeness (QED) is 0.499. The molecule has 7 heteroatoms. The maximum Gasteiger partial charge on any atom is 0.236 e. The number of likely N-dealkylation sites (tertiary alicyclic amines) is 1. The zero-order valence-electron chi connectivity index (χ0n) is 19.9. The first-order valence-electron chi connectivity index (χ1n) is 11.8. The molecule has 0 saturated carbocycles. The van der Waals surface area contributed by atoms with Crippen LogP contribution >= 0.6 is 0 Å². The number of carbonyl (C=O) groups excluding carboxylic acids is 1. The molecule has 4 heterocycles. The highest BCUT2D eigenvalue weighted by Crippen LogP contribution is 2.39. The molecule has 0 atom stereocenters. The van der Waals surface area contributed by atoms with E-state index in [-0.39, 0.29) is 5.91 Å². The van der Waals surface area contributed by atoms with E-state index in [0.29, 0.717) is 18.4 Å². The van der Waals surface area contributed by atoms with Gasteiger partial charge in [-0.05, 0) is 74.2 Å². The SMILES string of the molecule is CC(C)c1c(-c2cccn3ncnc23)[nH]c2ccc(C3CCN(C(=O)CN(C)C)CC3)cc12. The molecule has 1 aliphatic heterocycles. The van der Waals surface area contributed by atoms with Gasteiger partial charge in [-0.25, -0.2) is 9.50 Å². The average Bonchev–Trinajstić information content (AvgIpc) is 3.42. The van der Waals surface area contributed by atoms with E-state index in [9.17, 15) is 4.79 Å². The molecule has 3 aromatic heterocycles. The number of benzene rings is 1. The van der Waals surface area contributed by atoms with Crippen molar-refractivity contribution >= 4 is 22.5 Å². The standard InChI is InChI=1S/C26H32N6O/c1-17(2)24-21-14-19(18-9-12-31(13-10-18)23(33)15-30(3)4)7-8-22(21)29-25(24)20-6-5-11-32-26(20)27-16-28-32/h5-8,11,14,16-18,29H,9-10,12-13,15H2,1-4H3. The van der Waals surface area contributed by atoms with Crippen molar-refractivity contribution in [2.24, 2.45) is 0 Å². The minimum atomic E-state index is 0.230. The van der Waals surface area contributed by atoms with E-state index in [2.05, 4.69) is 53.2 Å². The Kier molecular flexibility index (Phi) is 5.66. The fourth-order valence-electron chi connectivity index (χ4n) is 5.17. The van der Waals surface area contributed by atoms with Crippen LogP contribution in [0.25, 0.3) is 27.8 Å². The highest BCUT2D eigenvalue weighted by atomic mass is 16.2. The number of hydrogen-bond acceptors (Lipinski definition) is 4. The Bertz CT molecular complexity index is 1290. The van der Waals surface area contributed by atoms with Crippen LogP contribution in [-0.4, -0.2) is 69.0 Å². The summed E-state index contributed by atoms with van der Waals surface area (Å²) in [6.45, 7) is 6.65. The second-order valence-corrected chi connectivity index (χ2v) is 9.72. The molecule has 1 amide bonds. The van der Waals surface area contributed by atoms with Crippen molar-refractivity contribution in [1.82, 2.24) is 29.4 Å². The Balaban J connectivity index is 1.47. The zero-order chi connectivity index (χ0) is 23.1. The smallest absolute Gasteiger partial charge is 0.236 e. The molecule has 0 bridgehead atoms. The lowest BCUT2D eigenvalue weighted by Crippen LogP contribution is -2.42. The topological polar surface area (TPSA) is 69.5 Å². The first kappa shape index (κ1) is 21.6. The maximum atomic E-state index is 12.4. The van der Waals surface area contributed by atoms with Gasteiger partial charge in [0, 0.05) is 35.8 Å². The van der Waals surface area contributed by atoms with Gasteiger partial charge >= 0.3 is 0 Å². The summed E-state index contributed by atoms with van der Waals surface area (Å²) in [6, 6.07) is 11.0. The Morgan fingerprint density at radius 3 is 2.73 bits per heavy atom. The summed E-state index contributed by atoms with van der Waals surface area (Å²) in [6.07, 6.45) is 5.55. The van der Waals surface area contributed by atoms with Gasteiger partial charge in [0.25, 0.3) is 0 Å². The van der Waals surface area contributed by atoms with Gasteiger partial charge in [-0.15, -0.1) is 0 Å². The second kappa shape index (κ2) is 8.63. The number of aromatic nitrogens is 4. The summed E-state index contributed by atoms with van der Waals surface area (Å²) in [4.78, 5) is 24.6. The van der Waals surface area contributed by atoms with Gasteiger partial charge in [-0.1, -0.05) is 19.9 Å². The van der Waals surface area contributed by atoms with E-state index in [4.69, 9.17) is 0 Å². The molecule has 1 aliphatic rings. The van der Waals surface area contributed by atoms with E-state index in [1.807, 2.05) is 40.7 Å². The van der Waals surface area contributed by atoms with Crippen molar-refractivity contribution in [1.29, 1.82) is 0 Å². The van der Waals surface area contributed by atoms with Crippen molar-refractivity contribution in [2.75, 3.05) is 33.7 Å². The van der Waals surface area contributed by atoms with Crippen LogP contribution < -0.4 is 0 Å². The largest absolute Gasteiger partial charge is 0.354 e. The lowest BCUT2D eigenvalue weighted by molar-refractivity contribution is -0.132. The minimum absolute atomic E-state index is 0.230. The van der Waals surface area contributed by atoms with Crippen molar-refractivity contribution in [3.05, 3.63) is 54.0 Å². The molecule has 5 rings (SSSR count). The fourth-order valence-corrected chi connectivity index (χ4v) is 5.17. The Hall–Kier alpha value is -3.19. The number of fused-ring (bicyclic) bond motifs is 2. The summed E-state index contributed by atoms with van der Waals surface area (Å²) in [5.74, 6) is 1.07. The average molecular weight is 445 g/mol. The molecule has 1 aromatic carbocycles. The van der Waals surface area contributed by atoms with E-state index in [1.165, 1.54) is 16.5 Å². The van der Waals surface area contributed by atoms with E-state index in [1.54, 1.807) is 6.33 Å². The zero-order valence-corrected chi connectivity index (χ0v) is 19.9. The predicted octanol–water partition coefficient (Wildman–Crippen LogP) is 4.27. The Morgan fingerprint density at radius 1 is 1.21 bits per heavy atom. The highest BCUT2D eigenvalue weighted by Gasteiger charge is 2.25. The van der Waals surface area contributed by atoms with Crippen LogP contribution in [0.5, 0.6) is 0 Å². The van der Waals surface area contributed by atoms with Crippen molar-refractivity contribution in [2.45, 2.75) is 38.5 Å². The monoisotopic (exact) mass is 444 g/mol. The summed E-state index contributed by atoms with van der Waals surface area (Å²) in [5.41, 5.74) is 6.90. The van der Waals surface area contributed by atoms with Crippen LogP contribution in [0, 0.1) is 0 Å². The van der Waals surface area contributed by atoms with Crippen molar-refractivity contribution < 1.29 is 4.79 Å². The summed E-state index contributed by atoms with van der Waals surface area (Å²) < 4.78 is 1.82. The van der Waals surface area contributed by atoms with Crippen LogP contribution in [0.2, 0.25) is 0 Å². The van der Waals surface area contributed by atoms with Gasteiger partial charge in [-0.2, -0.15) is 5.10 Å². The lowest BCUT2D eigenvalue weighted by atomic mass is 9.87. The molecule has 33 heavy (non-hydrogen) atoms. The first-order chi connectivity index (χ1) is 15.9. The van der Waals surface area contributed by atoms with Gasteiger partial charge in [0.1, 0.15) is 6.33 Å². The van der Waals surface area contributed by atoms with E-state index in [0.717, 1.165) is 48.4 Å². The lowest BCUT2D eigenvalue weighted by Gasteiger charge is -2.33.